The summed E-state index contributed by atoms with van der Waals surface area (Å²) in [6.45, 7) is 16.6. The highest BCUT2D eigenvalue weighted by atomic mass is 16.3. The third-order valence-corrected chi connectivity index (χ3v) is 14.6. The minimum absolute atomic E-state index is 0.0281. The van der Waals surface area contributed by atoms with Gasteiger partial charge in [0, 0.05) is 38.5 Å². The Bertz CT molecular complexity index is 3010. The summed E-state index contributed by atoms with van der Waals surface area (Å²) >= 11 is 0. The molecule has 0 aliphatic heterocycles. The van der Waals surface area contributed by atoms with Crippen LogP contribution in [0.3, 0.4) is 0 Å². The second-order valence-electron chi connectivity index (χ2n) is 20.0. The number of furan rings is 1. The van der Waals surface area contributed by atoms with Crippen molar-refractivity contribution in [1.29, 1.82) is 0 Å². The molecule has 3 aliphatic rings. The normalized spacial score (nSPS) is 16.4. The van der Waals surface area contributed by atoms with Crippen LogP contribution in [0, 0.1) is 0 Å². The van der Waals surface area contributed by atoms with Gasteiger partial charge in [0.15, 0.2) is 0 Å². The third-order valence-electron chi connectivity index (χ3n) is 14.6. The van der Waals surface area contributed by atoms with Gasteiger partial charge < -0.3 is 9.32 Å². The Kier molecular flexibility index (Phi) is 8.25. The maximum atomic E-state index is 6.74. The summed E-state index contributed by atoms with van der Waals surface area (Å²) in [5, 5.41) is 2.41. The predicted molar refractivity (Wildman–Crippen MR) is 253 cm³/mol. The Morgan fingerprint density at radius 3 is 1.93 bits per heavy atom. The van der Waals surface area contributed by atoms with Crippen LogP contribution in [0.25, 0.3) is 55.3 Å². The van der Waals surface area contributed by atoms with Crippen molar-refractivity contribution in [2.24, 2.45) is 0 Å². The topological polar surface area (TPSA) is 16.4 Å². The zero-order valence-corrected chi connectivity index (χ0v) is 36.2. The number of anilines is 3. The third kappa shape index (κ3) is 5.52. The largest absolute Gasteiger partial charge is 0.456 e. The van der Waals surface area contributed by atoms with Crippen LogP contribution < -0.4 is 4.90 Å². The summed E-state index contributed by atoms with van der Waals surface area (Å²) < 4.78 is 6.74. The number of benzene rings is 7. The van der Waals surface area contributed by atoms with E-state index in [2.05, 4.69) is 193 Å². The standard InChI is InChI=1S/C58H55NO/c1-56(2,3)48-24-16-25-49-54(48)45-31-29-39(35-51(45)58(49,6)7)59(38-28-30-43-42-20-11-13-23-47(42)57(4,5)50(43)34-38)52-26-14-12-19-40(52)37-27-32-53-46(33-37)44-22-15-21-41(55(44)60-53)36-17-9-8-10-18-36/h11-16,19-36H,8-10,17-18H2,1-7H3. The van der Waals surface area contributed by atoms with Crippen molar-refractivity contribution in [2.75, 3.05) is 4.90 Å². The zero-order valence-electron chi connectivity index (χ0n) is 36.2. The zero-order chi connectivity index (χ0) is 41.1. The van der Waals surface area contributed by atoms with E-state index in [9.17, 15) is 0 Å². The SMILES string of the molecule is CC(C)(C)c1cccc2c1-c1ccc(N(c3ccc4c(c3)C(C)(C)c3ccccc3-4)c3ccccc3-c3ccc4oc5c(C6CCCCC6)cccc5c4c3)cc1C2(C)C. The van der Waals surface area contributed by atoms with Gasteiger partial charge in [0.1, 0.15) is 11.2 Å². The van der Waals surface area contributed by atoms with Crippen LogP contribution in [0.4, 0.5) is 17.1 Å². The summed E-state index contributed by atoms with van der Waals surface area (Å²) in [5.74, 6) is 0.576. The smallest absolute Gasteiger partial charge is 0.138 e. The molecule has 0 saturated heterocycles. The Morgan fingerprint density at radius 1 is 0.533 bits per heavy atom. The predicted octanol–water partition coefficient (Wildman–Crippen LogP) is 16.7. The Morgan fingerprint density at radius 2 is 1.17 bits per heavy atom. The van der Waals surface area contributed by atoms with Gasteiger partial charge >= 0.3 is 0 Å². The van der Waals surface area contributed by atoms with Crippen LogP contribution in [-0.4, -0.2) is 0 Å². The molecule has 0 bridgehead atoms. The lowest BCUT2D eigenvalue weighted by Gasteiger charge is -2.31. The van der Waals surface area contributed by atoms with Gasteiger partial charge in [-0.3, -0.25) is 0 Å². The quantitative estimate of drug-likeness (QED) is 0.173. The lowest BCUT2D eigenvalue weighted by Crippen LogP contribution is -2.18. The Hall–Kier alpha value is -5.86. The monoisotopic (exact) mass is 781 g/mol. The number of nitrogens with zero attached hydrogens (tertiary/aromatic N) is 1. The molecule has 7 aromatic carbocycles. The van der Waals surface area contributed by atoms with Gasteiger partial charge in [-0.15, -0.1) is 0 Å². The molecule has 1 fully saturated rings. The van der Waals surface area contributed by atoms with Crippen LogP contribution in [0.2, 0.25) is 0 Å². The van der Waals surface area contributed by atoms with Gasteiger partial charge in [-0.2, -0.15) is 0 Å². The summed E-state index contributed by atoms with van der Waals surface area (Å²) in [6.07, 6.45) is 6.46. The first-order chi connectivity index (χ1) is 28.9. The maximum Gasteiger partial charge on any atom is 0.138 e. The number of para-hydroxylation sites is 2. The highest BCUT2D eigenvalue weighted by Crippen LogP contribution is 2.55. The first-order valence-electron chi connectivity index (χ1n) is 22.3. The van der Waals surface area contributed by atoms with Crippen molar-refractivity contribution in [3.8, 4) is 33.4 Å². The molecule has 60 heavy (non-hydrogen) atoms. The van der Waals surface area contributed by atoms with Gasteiger partial charge in [-0.05, 0) is 128 Å². The summed E-state index contributed by atoms with van der Waals surface area (Å²) in [6, 6.07) is 53.0. The fraction of sp³-hybridized carbons (Fsp3) is 0.276. The molecular weight excluding hydrogens is 727 g/mol. The van der Waals surface area contributed by atoms with Crippen LogP contribution in [0.15, 0.2) is 144 Å². The number of hydrogen-bond donors (Lipinski definition) is 0. The molecule has 0 radical (unpaired) electrons. The molecule has 1 aromatic heterocycles. The number of hydrogen-bond acceptors (Lipinski definition) is 2. The van der Waals surface area contributed by atoms with Crippen molar-refractivity contribution < 1.29 is 4.42 Å². The van der Waals surface area contributed by atoms with Crippen LogP contribution in [0.5, 0.6) is 0 Å². The molecule has 0 atom stereocenters. The van der Waals surface area contributed by atoms with Gasteiger partial charge in [0.2, 0.25) is 0 Å². The lowest BCUT2D eigenvalue weighted by atomic mass is 9.79. The lowest BCUT2D eigenvalue weighted by molar-refractivity contribution is 0.442. The van der Waals surface area contributed by atoms with E-state index in [0.29, 0.717) is 5.92 Å². The van der Waals surface area contributed by atoms with E-state index in [0.717, 1.165) is 22.5 Å². The minimum atomic E-state index is -0.154. The van der Waals surface area contributed by atoms with Gasteiger partial charge in [0.25, 0.3) is 0 Å². The number of fused-ring (bicyclic) bond motifs is 9. The Labute approximate surface area is 355 Å². The van der Waals surface area contributed by atoms with E-state index in [-0.39, 0.29) is 16.2 Å². The van der Waals surface area contributed by atoms with Crippen molar-refractivity contribution in [2.45, 2.75) is 103 Å². The molecule has 298 valence electrons. The molecule has 0 spiro atoms. The fourth-order valence-corrected chi connectivity index (χ4v) is 11.4. The average molecular weight is 782 g/mol. The molecule has 0 amide bonds. The van der Waals surface area contributed by atoms with Gasteiger partial charge in [-0.1, -0.05) is 165 Å². The molecular formula is C58H55NO. The van der Waals surface area contributed by atoms with E-state index in [1.807, 2.05) is 0 Å². The second kappa shape index (κ2) is 13.3. The first-order valence-corrected chi connectivity index (χ1v) is 22.3. The van der Waals surface area contributed by atoms with E-state index in [4.69, 9.17) is 4.42 Å². The van der Waals surface area contributed by atoms with Gasteiger partial charge in [-0.25, -0.2) is 0 Å². The van der Waals surface area contributed by atoms with E-state index in [1.165, 1.54) is 115 Å². The van der Waals surface area contributed by atoms with E-state index < -0.39 is 0 Å². The second-order valence-corrected chi connectivity index (χ2v) is 20.0. The van der Waals surface area contributed by atoms with E-state index in [1.54, 1.807) is 0 Å². The van der Waals surface area contributed by atoms with Crippen molar-refractivity contribution in [3.63, 3.8) is 0 Å². The average Bonchev–Trinajstić information content (AvgIpc) is 3.83. The molecule has 2 heteroatoms. The molecule has 11 rings (SSSR count). The molecule has 1 saturated carbocycles. The molecule has 1 heterocycles. The molecule has 0 unspecified atom stereocenters. The molecule has 3 aliphatic carbocycles. The fourth-order valence-electron chi connectivity index (χ4n) is 11.4. The van der Waals surface area contributed by atoms with Crippen LogP contribution >= 0.6 is 0 Å². The maximum absolute atomic E-state index is 6.74. The minimum Gasteiger partial charge on any atom is -0.456 e. The van der Waals surface area contributed by atoms with E-state index >= 15 is 0 Å². The highest BCUT2D eigenvalue weighted by Gasteiger charge is 2.40. The number of rotatable bonds is 5. The summed E-state index contributed by atoms with van der Waals surface area (Å²) in [4.78, 5) is 2.53. The van der Waals surface area contributed by atoms with Crippen LogP contribution in [-0.2, 0) is 16.2 Å². The Balaban J connectivity index is 1.11. The summed E-state index contributed by atoms with van der Waals surface area (Å²) in [7, 11) is 0. The van der Waals surface area contributed by atoms with Crippen molar-refractivity contribution in [1.82, 2.24) is 0 Å². The van der Waals surface area contributed by atoms with Gasteiger partial charge in [0.05, 0.1) is 5.69 Å². The van der Waals surface area contributed by atoms with Crippen molar-refractivity contribution in [3.05, 3.63) is 173 Å². The first kappa shape index (κ1) is 37.2. The van der Waals surface area contributed by atoms with Crippen LogP contribution in [0.1, 0.15) is 120 Å². The summed E-state index contributed by atoms with van der Waals surface area (Å²) in [5.41, 5.74) is 21.4. The molecule has 8 aromatic rings. The molecule has 0 N–H and O–H groups in total. The van der Waals surface area contributed by atoms with Crippen molar-refractivity contribution >= 4 is 39.0 Å². The molecule has 2 nitrogen and oxygen atoms in total. The highest BCUT2D eigenvalue weighted by molar-refractivity contribution is 6.08.